The number of hydrogen-bond donors (Lipinski definition) is 0. The molecule has 100 valence electrons. The van der Waals surface area contributed by atoms with Crippen LogP contribution in [-0.2, 0) is 10.1 Å². The van der Waals surface area contributed by atoms with Gasteiger partial charge in [0.1, 0.15) is 0 Å². The molecule has 0 aliphatic carbocycles. The first-order chi connectivity index (χ1) is 8.06. The lowest BCUT2D eigenvalue weighted by Crippen LogP contribution is -2.30. The van der Waals surface area contributed by atoms with Crippen LogP contribution in [0.2, 0.25) is 0 Å². The second-order valence-corrected chi connectivity index (χ2v) is 4.76. The average molecular weight is 283 g/mol. The molecule has 5 nitrogen and oxygen atoms in total. The van der Waals surface area contributed by atoms with Crippen LogP contribution in [0.4, 0.5) is 13.2 Å². The van der Waals surface area contributed by atoms with Crippen molar-refractivity contribution in [3.63, 3.8) is 0 Å². The molecule has 0 bridgehead atoms. The number of hydrogen-bond acceptors (Lipinski definition) is 5. The molecule has 1 aromatic rings. The minimum absolute atomic E-state index is 0.0791. The second kappa shape index (κ2) is 4.48. The van der Waals surface area contributed by atoms with Gasteiger partial charge in [0.05, 0.1) is 5.97 Å². The van der Waals surface area contributed by atoms with Crippen molar-refractivity contribution in [2.24, 2.45) is 0 Å². The van der Waals surface area contributed by atoms with E-state index in [0.29, 0.717) is 0 Å². The van der Waals surface area contributed by atoms with Gasteiger partial charge in [0.2, 0.25) is 0 Å². The summed E-state index contributed by atoms with van der Waals surface area (Å²) in [6.45, 7) is 1.20. The Hall–Kier alpha value is -1.77. The number of halogens is 3. The molecule has 0 unspecified atom stereocenters. The minimum Gasteiger partial charge on any atom is -0.545 e. The molecule has 0 fully saturated rings. The standard InChI is InChI=1S/C9H7F3O5S/c1-5-3-2-4-6(8(13)14)7(5)17-18(15,16)9(10,11)12/h2-4H,1H3,(H,13,14)/p-1. The Bertz CT molecular complexity index is 576. The summed E-state index contributed by atoms with van der Waals surface area (Å²) >= 11 is 0. The number of carboxylic acid groups (broad SMARTS) is 1. The van der Waals surface area contributed by atoms with Gasteiger partial charge in [-0.05, 0) is 18.6 Å². The third-order valence-electron chi connectivity index (χ3n) is 1.91. The van der Waals surface area contributed by atoms with Crippen LogP contribution in [0.1, 0.15) is 15.9 Å². The van der Waals surface area contributed by atoms with E-state index < -0.39 is 32.9 Å². The maximum Gasteiger partial charge on any atom is 0.534 e. The maximum absolute atomic E-state index is 12.1. The quantitative estimate of drug-likeness (QED) is 0.598. The number of alkyl halides is 3. The number of aryl methyl sites for hydroxylation is 1. The monoisotopic (exact) mass is 283 g/mol. The predicted octanol–water partition coefficient (Wildman–Crippen LogP) is 0.587. The molecule has 0 amide bonds. The van der Waals surface area contributed by atoms with Crippen molar-refractivity contribution in [2.45, 2.75) is 12.4 Å². The maximum atomic E-state index is 12.1. The zero-order chi connectivity index (χ0) is 14.1. The number of aromatic carboxylic acids is 1. The Balaban J connectivity index is 3.33. The number of rotatable bonds is 3. The molecule has 18 heavy (non-hydrogen) atoms. The highest BCUT2D eigenvalue weighted by atomic mass is 32.2. The third kappa shape index (κ3) is 2.73. The molecule has 0 saturated heterocycles. The molecule has 0 aliphatic heterocycles. The first-order valence-electron chi connectivity index (χ1n) is 4.38. The predicted molar refractivity (Wildman–Crippen MR) is 51.1 cm³/mol. The van der Waals surface area contributed by atoms with Crippen molar-refractivity contribution in [1.29, 1.82) is 0 Å². The number of carbonyl (C=O) groups is 1. The lowest BCUT2D eigenvalue weighted by Gasteiger charge is -2.15. The second-order valence-electron chi connectivity index (χ2n) is 3.22. The minimum atomic E-state index is -5.92. The van der Waals surface area contributed by atoms with Gasteiger partial charge in [-0.15, -0.1) is 0 Å². The molecule has 1 rings (SSSR count). The average Bonchev–Trinajstić information content (AvgIpc) is 2.18. The number of benzene rings is 1. The zero-order valence-electron chi connectivity index (χ0n) is 8.82. The van der Waals surface area contributed by atoms with E-state index in [2.05, 4.69) is 4.18 Å². The van der Waals surface area contributed by atoms with Crippen LogP contribution in [0.5, 0.6) is 5.75 Å². The molecule has 9 heteroatoms. The summed E-state index contributed by atoms with van der Waals surface area (Å²) in [5.74, 6) is -2.75. The molecule has 0 aromatic heterocycles. The topological polar surface area (TPSA) is 83.5 Å². The normalized spacial score (nSPS) is 12.2. The van der Waals surface area contributed by atoms with E-state index in [1.54, 1.807) is 0 Å². The molecular weight excluding hydrogens is 277 g/mol. The Kier molecular flexibility index (Phi) is 3.56. The Morgan fingerprint density at radius 2 is 1.89 bits per heavy atom. The fraction of sp³-hybridized carbons (Fsp3) is 0.222. The molecule has 1 aromatic carbocycles. The summed E-state index contributed by atoms with van der Waals surface area (Å²) in [5.41, 5.74) is -6.49. The van der Waals surface area contributed by atoms with Gasteiger partial charge in [0, 0.05) is 5.56 Å². The Morgan fingerprint density at radius 1 is 1.33 bits per heavy atom. The van der Waals surface area contributed by atoms with E-state index in [0.717, 1.165) is 6.07 Å². The fourth-order valence-electron chi connectivity index (χ4n) is 1.08. The zero-order valence-corrected chi connectivity index (χ0v) is 9.63. The number of carboxylic acids is 1. The summed E-state index contributed by atoms with van der Waals surface area (Å²) < 4.78 is 61.7. The largest absolute Gasteiger partial charge is 0.545 e. The van der Waals surface area contributed by atoms with E-state index in [9.17, 15) is 31.5 Å². The van der Waals surface area contributed by atoms with Crippen molar-refractivity contribution in [3.05, 3.63) is 29.3 Å². The lowest BCUT2D eigenvalue weighted by atomic mass is 10.1. The van der Waals surface area contributed by atoms with Gasteiger partial charge in [-0.2, -0.15) is 21.6 Å². The van der Waals surface area contributed by atoms with Gasteiger partial charge in [-0.3, -0.25) is 0 Å². The van der Waals surface area contributed by atoms with Gasteiger partial charge in [-0.25, -0.2) is 0 Å². The van der Waals surface area contributed by atoms with E-state index in [1.165, 1.54) is 19.1 Å². The molecule has 0 heterocycles. The van der Waals surface area contributed by atoms with Gasteiger partial charge >= 0.3 is 15.6 Å². The summed E-state index contributed by atoms with van der Waals surface area (Å²) in [7, 11) is -5.92. The molecule has 0 aliphatic rings. The third-order valence-corrected chi connectivity index (χ3v) is 2.86. The van der Waals surface area contributed by atoms with Crippen molar-refractivity contribution in [3.8, 4) is 5.75 Å². The van der Waals surface area contributed by atoms with E-state index >= 15 is 0 Å². The van der Waals surface area contributed by atoms with E-state index in [-0.39, 0.29) is 5.56 Å². The van der Waals surface area contributed by atoms with Crippen LogP contribution in [0.15, 0.2) is 18.2 Å². The molecule has 0 atom stereocenters. The van der Waals surface area contributed by atoms with Crippen molar-refractivity contribution in [1.82, 2.24) is 0 Å². The highest BCUT2D eigenvalue weighted by Crippen LogP contribution is 2.30. The number of carbonyl (C=O) groups excluding carboxylic acids is 1. The van der Waals surface area contributed by atoms with Crippen LogP contribution in [0.3, 0.4) is 0 Å². The van der Waals surface area contributed by atoms with Crippen LogP contribution in [0.25, 0.3) is 0 Å². The van der Waals surface area contributed by atoms with Crippen LogP contribution >= 0.6 is 0 Å². The van der Waals surface area contributed by atoms with Crippen LogP contribution < -0.4 is 9.29 Å². The van der Waals surface area contributed by atoms with Gasteiger partial charge < -0.3 is 14.1 Å². The van der Waals surface area contributed by atoms with Crippen LogP contribution in [-0.4, -0.2) is 19.9 Å². The van der Waals surface area contributed by atoms with Crippen molar-refractivity contribution < 1.29 is 35.7 Å². The Labute approximate surface area is 99.9 Å². The lowest BCUT2D eigenvalue weighted by molar-refractivity contribution is -0.255. The van der Waals surface area contributed by atoms with Gasteiger partial charge in [-0.1, -0.05) is 12.1 Å². The van der Waals surface area contributed by atoms with Gasteiger partial charge in [0.15, 0.2) is 5.75 Å². The first kappa shape index (κ1) is 14.3. The van der Waals surface area contributed by atoms with E-state index in [4.69, 9.17) is 0 Å². The molecule has 0 saturated carbocycles. The summed E-state index contributed by atoms with van der Waals surface area (Å²) in [6.07, 6.45) is 0. The summed E-state index contributed by atoms with van der Waals surface area (Å²) in [4.78, 5) is 10.6. The number of para-hydroxylation sites is 1. The van der Waals surface area contributed by atoms with Crippen molar-refractivity contribution in [2.75, 3.05) is 0 Å². The Morgan fingerprint density at radius 3 is 2.33 bits per heavy atom. The fourth-order valence-corrected chi connectivity index (χ4v) is 1.62. The van der Waals surface area contributed by atoms with E-state index in [1.807, 2.05) is 0 Å². The highest BCUT2D eigenvalue weighted by molar-refractivity contribution is 7.88. The van der Waals surface area contributed by atoms with Gasteiger partial charge in [0.25, 0.3) is 0 Å². The summed E-state index contributed by atoms with van der Waals surface area (Å²) in [5, 5.41) is 10.6. The SMILES string of the molecule is Cc1cccc(C(=O)[O-])c1OS(=O)(=O)C(F)(F)F. The molecule has 0 N–H and O–H groups in total. The smallest absolute Gasteiger partial charge is 0.534 e. The summed E-state index contributed by atoms with van der Waals surface area (Å²) in [6, 6.07) is 3.30. The molecule has 0 spiro atoms. The molecule has 0 radical (unpaired) electrons. The van der Waals surface area contributed by atoms with Crippen molar-refractivity contribution >= 4 is 16.1 Å². The molecular formula is C9H6F3O5S-. The first-order valence-corrected chi connectivity index (χ1v) is 5.79. The van der Waals surface area contributed by atoms with Crippen LogP contribution in [0, 0.1) is 6.92 Å². The highest BCUT2D eigenvalue weighted by Gasteiger charge is 2.49.